The highest BCUT2D eigenvalue weighted by atomic mass is 35.5. The molecule has 3 aromatic carbocycles. The number of aliphatic hydroxyl groups is 1. The summed E-state index contributed by atoms with van der Waals surface area (Å²) in [5.74, 6) is -1.09. The standard InChI is InChI=1S/C27H23Cl2NO4/c1-4-34-22-12-9-17(13-16(22)3)25(31)23-24(19-8-6-5-7-15(19)2)30(27(33)26(23)32)18-10-11-20(28)21(29)14-18/h5-14,24,31H,4H2,1-3H3/b25-23+. The number of carbonyl (C=O) groups excluding carboxylic acids is 2. The van der Waals surface area contributed by atoms with Crippen LogP contribution in [0.5, 0.6) is 5.75 Å². The number of anilines is 1. The highest BCUT2D eigenvalue weighted by Gasteiger charge is 2.47. The van der Waals surface area contributed by atoms with Gasteiger partial charge in [-0.25, -0.2) is 0 Å². The fourth-order valence-electron chi connectivity index (χ4n) is 4.19. The third-order valence-corrected chi connectivity index (χ3v) is 6.60. The first-order valence-electron chi connectivity index (χ1n) is 10.8. The summed E-state index contributed by atoms with van der Waals surface area (Å²) in [6.45, 7) is 6.15. The minimum Gasteiger partial charge on any atom is -0.507 e. The van der Waals surface area contributed by atoms with E-state index in [4.69, 9.17) is 27.9 Å². The van der Waals surface area contributed by atoms with Gasteiger partial charge in [0.2, 0.25) is 0 Å². The minimum absolute atomic E-state index is 0.00827. The van der Waals surface area contributed by atoms with Crippen molar-refractivity contribution in [1.29, 1.82) is 0 Å². The normalized spacial score (nSPS) is 17.3. The first-order chi connectivity index (χ1) is 16.2. The zero-order valence-electron chi connectivity index (χ0n) is 18.9. The fourth-order valence-corrected chi connectivity index (χ4v) is 4.48. The molecule has 1 N–H and O–H groups in total. The molecule has 0 saturated carbocycles. The number of hydrogen-bond donors (Lipinski definition) is 1. The lowest BCUT2D eigenvalue weighted by atomic mass is 9.92. The number of carbonyl (C=O) groups is 2. The average Bonchev–Trinajstić information content (AvgIpc) is 3.07. The van der Waals surface area contributed by atoms with Crippen molar-refractivity contribution >= 4 is 46.3 Å². The van der Waals surface area contributed by atoms with Gasteiger partial charge in [0.1, 0.15) is 11.5 Å². The zero-order valence-corrected chi connectivity index (χ0v) is 20.4. The highest BCUT2D eigenvalue weighted by molar-refractivity contribution is 6.52. The summed E-state index contributed by atoms with van der Waals surface area (Å²) < 4.78 is 5.59. The number of ether oxygens (including phenoxy) is 1. The van der Waals surface area contributed by atoms with E-state index in [0.717, 1.165) is 16.7 Å². The predicted molar refractivity (Wildman–Crippen MR) is 135 cm³/mol. The first kappa shape index (κ1) is 23.9. The van der Waals surface area contributed by atoms with Crippen LogP contribution in [0, 0.1) is 13.8 Å². The van der Waals surface area contributed by atoms with E-state index in [1.54, 1.807) is 36.4 Å². The molecule has 0 aromatic heterocycles. The Kier molecular flexibility index (Phi) is 6.69. The molecule has 174 valence electrons. The van der Waals surface area contributed by atoms with Crippen molar-refractivity contribution in [2.45, 2.75) is 26.8 Å². The van der Waals surface area contributed by atoms with Crippen LogP contribution in [0.1, 0.15) is 35.2 Å². The lowest BCUT2D eigenvalue weighted by Gasteiger charge is -2.27. The van der Waals surface area contributed by atoms with Gasteiger partial charge in [-0.2, -0.15) is 0 Å². The Balaban J connectivity index is 1.94. The van der Waals surface area contributed by atoms with Gasteiger partial charge >= 0.3 is 0 Å². The minimum atomic E-state index is -0.842. The van der Waals surface area contributed by atoms with Crippen LogP contribution >= 0.6 is 23.2 Å². The second-order valence-corrected chi connectivity index (χ2v) is 8.85. The predicted octanol–water partition coefficient (Wildman–Crippen LogP) is 6.64. The summed E-state index contributed by atoms with van der Waals surface area (Å²) in [6.07, 6.45) is 0. The van der Waals surface area contributed by atoms with Crippen molar-refractivity contribution in [3.63, 3.8) is 0 Å². The molecule has 0 bridgehead atoms. The molecule has 1 heterocycles. The van der Waals surface area contributed by atoms with Crippen LogP contribution < -0.4 is 9.64 Å². The van der Waals surface area contributed by atoms with Crippen LogP contribution in [0.25, 0.3) is 5.76 Å². The molecule has 1 aliphatic heterocycles. The number of aliphatic hydroxyl groups excluding tert-OH is 1. The van der Waals surface area contributed by atoms with Crippen molar-refractivity contribution in [2.24, 2.45) is 0 Å². The Labute approximate surface area is 208 Å². The van der Waals surface area contributed by atoms with Gasteiger partial charge in [0.15, 0.2) is 0 Å². The van der Waals surface area contributed by atoms with E-state index in [2.05, 4.69) is 0 Å². The molecule has 1 saturated heterocycles. The lowest BCUT2D eigenvalue weighted by molar-refractivity contribution is -0.132. The molecule has 5 nitrogen and oxygen atoms in total. The van der Waals surface area contributed by atoms with Gasteiger partial charge in [-0.3, -0.25) is 14.5 Å². The number of Topliss-reactive ketones (excluding diaryl/α,β-unsaturated/α-hetero) is 1. The summed E-state index contributed by atoms with van der Waals surface area (Å²) in [5.41, 5.74) is 3.23. The van der Waals surface area contributed by atoms with Gasteiger partial charge in [0.25, 0.3) is 11.7 Å². The Morgan fingerprint density at radius 1 is 0.971 bits per heavy atom. The van der Waals surface area contributed by atoms with Crippen LogP contribution in [0.15, 0.2) is 66.2 Å². The second kappa shape index (κ2) is 9.53. The Hall–Kier alpha value is -3.28. The van der Waals surface area contributed by atoms with Crippen molar-refractivity contribution in [3.05, 3.63) is 98.5 Å². The van der Waals surface area contributed by atoms with E-state index >= 15 is 0 Å². The average molecular weight is 496 g/mol. The smallest absolute Gasteiger partial charge is 0.300 e. The molecule has 1 atom stereocenters. The van der Waals surface area contributed by atoms with Gasteiger partial charge in [-0.1, -0.05) is 47.5 Å². The van der Waals surface area contributed by atoms with E-state index in [9.17, 15) is 14.7 Å². The summed E-state index contributed by atoms with van der Waals surface area (Å²) in [5, 5.41) is 11.9. The maximum absolute atomic E-state index is 13.3. The third kappa shape index (κ3) is 4.17. The van der Waals surface area contributed by atoms with Gasteiger partial charge in [0.05, 0.1) is 28.3 Å². The van der Waals surface area contributed by atoms with Crippen molar-refractivity contribution in [3.8, 4) is 5.75 Å². The van der Waals surface area contributed by atoms with Crippen molar-refractivity contribution in [1.82, 2.24) is 0 Å². The van der Waals surface area contributed by atoms with E-state index in [1.165, 1.54) is 4.90 Å². The topological polar surface area (TPSA) is 66.8 Å². The van der Waals surface area contributed by atoms with Gasteiger partial charge < -0.3 is 9.84 Å². The summed E-state index contributed by atoms with van der Waals surface area (Å²) in [4.78, 5) is 28.0. The molecule has 0 aliphatic carbocycles. The molecule has 0 radical (unpaired) electrons. The number of nitrogens with zero attached hydrogens (tertiary/aromatic N) is 1. The molecule has 1 unspecified atom stereocenters. The Morgan fingerprint density at radius 3 is 2.35 bits per heavy atom. The van der Waals surface area contributed by atoms with Gasteiger partial charge in [-0.05, 0) is 73.9 Å². The van der Waals surface area contributed by atoms with Crippen LogP contribution in [-0.2, 0) is 9.59 Å². The lowest BCUT2D eigenvalue weighted by Crippen LogP contribution is -2.29. The molecular formula is C27H23Cl2NO4. The number of ketones is 1. The molecule has 1 fully saturated rings. The Morgan fingerprint density at radius 2 is 1.71 bits per heavy atom. The highest BCUT2D eigenvalue weighted by Crippen LogP contribution is 2.44. The zero-order chi connectivity index (χ0) is 24.6. The molecule has 1 aliphatic rings. The SMILES string of the molecule is CCOc1ccc(/C(O)=C2\C(=O)C(=O)N(c3ccc(Cl)c(Cl)c3)C2c2ccccc2C)cc1C. The number of benzene rings is 3. The first-order valence-corrected chi connectivity index (χ1v) is 11.6. The molecular weight excluding hydrogens is 473 g/mol. The summed E-state index contributed by atoms with van der Waals surface area (Å²) >= 11 is 12.3. The third-order valence-electron chi connectivity index (χ3n) is 5.86. The molecule has 34 heavy (non-hydrogen) atoms. The van der Waals surface area contributed by atoms with E-state index < -0.39 is 17.7 Å². The van der Waals surface area contributed by atoms with Crippen LogP contribution in [0.4, 0.5) is 5.69 Å². The van der Waals surface area contributed by atoms with E-state index in [1.807, 2.05) is 45.0 Å². The Bertz CT molecular complexity index is 1330. The van der Waals surface area contributed by atoms with E-state index in [0.29, 0.717) is 28.6 Å². The monoisotopic (exact) mass is 495 g/mol. The summed E-state index contributed by atoms with van der Waals surface area (Å²) in [6, 6.07) is 16.5. The molecule has 4 rings (SSSR count). The van der Waals surface area contributed by atoms with Crippen molar-refractivity contribution in [2.75, 3.05) is 11.5 Å². The van der Waals surface area contributed by atoms with Gasteiger partial charge in [0, 0.05) is 11.3 Å². The van der Waals surface area contributed by atoms with Crippen LogP contribution in [0.2, 0.25) is 10.0 Å². The fraction of sp³-hybridized carbons (Fsp3) is 0.185. The molecule has 3 aromatic rings. The number of aryl methyl sites for hydroxylation is 2. The number of amides is 1. The largest absolute Gasteiger partial charge is 0.507 e. The number of rotatable bonds is 5. The summed E-state index contributed by atoms with van der Waals surface area (Å²) in [7, 11) is 0. The second-order valence-electron chi connectivity index (χ2n) is 8.04. The van der Waals surface area contributed by atoms with Crippen LogP contribution in [0.3, 0.4) is 0 Å². The molecule has 7 heteroatoms. The number of halogens is 2. The van der Waals surface area contributed by atoms with E-state index in [-0.39, 0.29) is 16.4 Å². The van der Waals surface area contributed by atoms with Crippen molar-refractivity contribution < 1.29 is 19.4 Å². The quantitative estimate of drug-likeness (QED) is 0.245. The van der Waals surface area contributed by atoms with Gasteiger partial charge in [-0.15, -0.1) is 0 Å². The number of hydrogen-bond acceptors (Lipinski definition) is 4. The molecule has 0 spiro atoms. The maximum atomic E-state index is 13.3. The maximum Gasteiger partial charge on any atom is 0.300 e. The molecule has 1 amide bonds. The van der Waals surface area contributed by atoms with Crippen LogP contribution in [-0.4, -0.2) is 23.4 Å².